The minimum absolute atomic E-state index is 0.0814. The van der Waals surface area contributed by atoms with Gasteiger partial charge in [0.1, 0.15) is 11.5 Å². The van der Waals surface area contributed by atoms with Gasteiger partial charge in [0.25, 0.3) is 0 Å². The van der Waals surface area contributed by atoms with E-state index in [1.807, 2.05) is 18.2 Å². The highest BCUT2D eigenvalue weighted by molar-refractivity contribution is 6.06. The van der Waals surface area contributed by atoms with Crippen LogP contribution < -0.4 is 4.74 Å². The van der Waals surface area contributed by atoms with Gasteiger partial charge < -0.3 is 9.84 Å². The third kappa shape index (κ3) is 5.62. The number of allylic oxidation sites excluding steroid dienone is 1. The molecule has 0 unspecified atom stereocenters. The standard InChI is InChI=1S/C20H22O3/c1-15(2)12-13-23-19-9-7-17(8-10-19)20(22)11-6-16-4-3-5-18(21)14-16/h3-11,14-15,21H,12-13H2,1-2H3/b11-6+. The van der Waals surface area contributed by atoms with Gasteiger partial charge >= 0.3 is 0 Å². The number of rotatable bonds is 7. The van der Waals surface area contributed by atoms with E-state index in [1.54, 1.807) is 36.4 Å². The molecule has 0 spiro atoms. The Kier molecular flexibility index (Phi) is 5.98. The molecule has 0 aliphatic heterocycles. The van der Waals surface area contributed by atoms with Crippen molar-refractivity contribution in [3.8, 4) is 11.5 Å². The van der Waals surface area contributed by atoms with Gasteiger partial charge in [-0.3, -0.25) is 4.79 Å². The SMILES string of the molecule is CC(C)CCOc1ccc(C(=O)/C=C/c2cccc(O)c2)cc1. The Hall–Kier alpha value is -2.55. The van der Waals surface area contributed by atoms with E-state index in [9.17, 15) is 9.90 Å². The number of hydrogen-bond acceptors (Lipinski definition) is 3. The van der Waals surface area contributed by atoms with Crippen molar-refractivity contribution in [3.05, 3.63) is 65.7 Å². The summed E-state index contributed by atoms with van der Waals surface area (Å²) in [6.45, 7) is 5.00. The molecule has 2 aromatic rings. The maximum Gasteiger partial charge on any atom is 0.185 e. The molecule has 0 aliphatic carbocycles. The van der Waals surface area contributed by atoms with Crippen LogP contribution in [0.3, 0.4) is 0 Å². The zero-order valence-corrected chi connectivity index (χ0v) is 13.5. The highest BCUT2D eigenvalue weighted by atomic mass is 16.5. The number of ether oxygens (including phenoxy) is 1. The van der Waals surface area contributed by atoms with Crippen LogP contribution in [0.5, 0.6) is 11.5 Å². The lowest BCUT2D eigenvalue weighted by molar-refractivity contribution is 0.104. The summed E-state index contributed by atoms with van der Waals surface area (Å²) < 4.78 is 5.64. The van der Waals surface area contributed by atoms with Crippen molar-refractivity contribution in [2.24, 2.45) is 5.92 Å². The van der Waals surface area contributed by atoms with Gasteiger partial charge in [-0.05, 0) is 60.4 Å². The highest BCUT2D eigenvalue weighted by Crippen LogP contribution is 2.16. The lowest BCUT2D eigenvalue weighted by Crippen LogP contribution is -2.01. The summed E-state index contributed by atoms with van der Waals surface area (Å²) in [7, 11) is 0. The number of aromatic hydroxyl groups is 1. The van der Waals surface area contributed by atoms with Crippen molar-refractivity contribution in [3.63, 3.8) is 0 Å². The lowest BCUT2D eigenvalue weighted by atomic mass is 10.1. The van der Waals surface area contributed by atoms with Crippen LogP contribution in [0.15, 0.2) is 54.6 Å². The topological polar surface area (TPSA) is 46.5 Å². The second-order valence-corrected chi connectivity index (χ2v) is 5.85. The average Bonchev–Trinajstić information content (AvgIpc) is 2.53. The number of ketones is 1. The van der Waals surface area contributed by atoms with E-state index >= 15 is 0 Å². The number of benzene rings is 2. The Balaban J connectivity index is 1.94. The van der Waals surface area contributed by atoms with Gasteiger partial charge in [-0.2, -0.15) is 0 Å². The molecule has 120 valence electrons. The Morgan fingerprint density at radius 2 is 1.91 bits per heavy atom. The zero-order chi connectivity index (χ0) is 16.7. The molecule has 23 heavy (non-hydrogen) atoms. The van der Waals surface area contributed by atoms with E-state index < -0.39 is 0 Å². The predicted octanol–water partition coefficient (Wildman–Crippen LogP) is 4.71. The number of phenols is 1. The number of phenolic OH excluding ortho intramolecular Hbond substituents is 1. The van der Waals surface area contributed by atoms with Crippen LogP contribution in [-0.4, -0.2) is 17.5 Å². The molecule has 0 bridgehead atoms. The molecule has 0 saturated heterocycles. The van der Waals surface area contributed by atoms with Crippen LogP contribution >= 0.6 is 0 Å². The summed E-state index contributed by atoms with van der Waals surface area (Å²) in [5.41, 5.74) is 1.39. The van der Waals surface area contributed by atoms with Crippen molar-refractivity contribution in [1.29, 1.82) is 0 Å². The molecular weight excluding hydrogens is 288 g/mol. The highest BCUT2D eigenvalue weighted by Gasteiger charge is 2.03. The molecule has 1 N–H and O–H groups in total. The minimum atomic E-state index is -0.0814. The predicted molar refractivity (Wildman–Crippen MR) is 92.9 cm³/mol. The first-order chi connectivity index (χ1) is 11.0. The molecule has 0 radical (unpaired) electrons. The van der Waals surface area contributed by atoms with Crippen molar-refractivity contribution >= 4 is 11.9 Å². The Morgan fingerprint density at radius 1 is 1.17 bits per heavy atom. The quantitative estimate of drug-likeness (QED) is 0.595. The Labute approximate surface area is 137 Å². The summed E-state index contributed by atoms with van der Waals surface area (Å²) in [4.78, 5) is 12.1. The van der Waals surface area contributed by atoms with Crippen LogP contribution in [0.25, 0.3) is 6.08 Å². The van der Waals surface area contributed by atoms with Gasteiger partial charge in [-0.15, -0.1) is 0 Å². The maximum atomic E-state index is 12.1. The van der Waals surface area contributed by atoms with E-state index in [-0.39, 0.29) is 11.5 Å². The van der Waals surface area contributed by atoms with Crippen molar-refractivity contribution < 1.29 is 14.6 Å². The van der Waals surface area contributed by atoms with Crippen LogP contribution in [-0.2, 0) is 0 Å². The summed E-state index contributed by atoms with van der Waals surface area (Å²) in [5.74, 6) is 1.49. The summed E-state index contributed by atoms with van der Waals surface area (Å²) >= 11 is 0. The van der Waals surface area contributed by atoms with Crippen LogP contribution in [0.4, 0.5) is 0 Å². The molecule has 3 heteroatoms. The zero-order valence-electron chi connectivity index (χ0n) is 13.5. The fourth-order valence-electron chi connectivity index (χ4n) is 2.02. The van der Waals surface area contributed by atoms with Crippen LogP contribution in [0.1, 0.15) is 36.2 Å². The monoisotopic (exact) mass is 310 g/mol. The fraction of sp³-hybridized carbons (Fsp3) is 0.250. The first-order valence-corrected chi connectivity index (χ1v) is 7.79. The van der Waals surface area contributed by atoms with Gasteiger partial charge in [-0.1, -0.05) is 32.1 Å². The maximum absolute atomic E-state index is 12.1. The van der Waals surface area contributed by atoms with Gasteiger partial charge in [0.05, 0.1) is 6.61 Å². The van der Waals surface area contributed by atoms with E-state index in [4.69, 9.17) is 4.74 Å². The van der Waals surface area contributed by atoms with Crippen molar-refractivity contribution in [2.75, 3.05) is 6.61 Å². The molecule has 2 aromatic carbocycles. The van der Waals surface area contributed by atoms with E-state index in [1.165, 1.54) is 6.08 Å². The summed E-state index contributed by atoms with van der Waals surface area (Å²) in [6, 6.07) is 13.9. The summed E-state index contributed by atoms with van der Waals surface area (Å²) in [6.07, 6.45) is 4.20. The van der Waals surface area contributed by atoms with Gasteiger partial charge in [0.15, 0.2) is 5.78 Å². The third-order valence-electron chi connectivity index (χ3n) is 3.40. The van der Waals surface area contributed by atoms with Crippen LogP contribution in [0, 0.1) is 5.92 Å². The van der Waals surface area contributed by atoms with Gasteiger partial charge in [-0.25, -0.2) is 0 Å². The second-order valence-electron chi connectivity index (χ2n) is 5.85. The normalized spacial score (nSPS) is 11.1. The van der Waals surface area contributed by atoms with E-state index in [0.29, 0.717) is 18.1 Å². The van der Waals surface area contributed by atoms with E-state index in [2.05, 4.69) is 13.8 Å². The fourth-order valence-corrected chi connectivity index (χ4v) is 2.02. The molecule has 0 aliphatic rings. The molecule has 2 rings (SSSR count). The molecule has 0 aromatic heterocycles. The smallest absolute Gasteiger partial charge is 0.185 e. The molecule has 3 nitrogen and oxygen atoms in total. The second kappa shape index (κ2) is 8.18. The van der Waals surface area contributed by atoms with Gasteiger partial charge in [0.2, 0.25) is 0 Å². The minimum Gasteiger partial charge on any atom is -0.508 e. The molecule has 0 heterocycles. The average molecular weight is 310 g/mol. The molecule has 0 amide bonds. The molecular formula is C20H22O3. The Bertz CT molecular complexity index is 670. The Morgan fingerprint density at radius 3 is 2.57 bits per heavy atom. The number of hydrogen-bond donors (Lipinski definition) is 1. The molecule has 0 atom stereocenters. The molecule has 0 saturated carbocycles. The van der Waals surface area contributed by atoms with Crippen LogP contribution in [0.2, 0.25) is 0 Å². The number of carbonyl (C=O) groups excluding carboxylic acids is 1. The van der Waals surface area contributed by atoms with Crippen molar-refractivity contribution in [1.82, 2.24) is 0 Å². The number of carbonyl (C=O) groups is 1. The summed E-state index contributed by atoms with van der Waals surface area (Å²) in [5, 5.41) is 9.40. The van der Waals surface area contributed by atoms with Gasteiger partial charge in [0, 0.05) is 5.56 Å². The first kappa shape index (κ1) is 16.8. The van der Waals surface area contributed by atoms with E-state index in [0.717, 1.165) is 17.7 Å². The van der Waals surface area contributed by atoms with Crippen molar-refractivity contribution in [2.45, 2.75) is 20.3 Å². The lowest BCUT2D eigenvalue weighted by Gasteiger charge is -2.08. The largest absolute Gasteiger partial charge is 0.508 e. The third-order valence-corrected chi connectivity index (χ3v) is 3.40. The first-order valence-electron chi connectivity index (χ1n) is 7.79. The molecule has 0 fully saturated rings.